The van der Waals surface area contributed by atoms with Gasteiger partial charge in [-0.3, -0.25) is 4.68 Å². The first kappa shape index (κ1) is 13.0. The first-order valence-corrected chi connectivity index (χ1v) is 7.28. The molecule has 4 nitrogen and oxygen atoms in total. The number of nitrogens with zero attached hydrogens (tertiary/aromatic N) is 3. The molecule has 0 bridgehead atoms. The minimum Gasteiger partial charge on any atom is -0.381 e. The molecule has 0 radical (unpaired) electrons. The lowest BCUT2D eigenvalue weighted by atomic mass is 10.1. The predicted molar refractivity (Wildman–Crippen MR) is 83.2 cm³/mol. The van der Waals surface area contributed by atoms with E-state index in [4.69, 9.17) is 0 Å². The van der Waals surface area contributed by atoms with Crippen LogP contribution in [-0.2, 0) is 6.54 Å². The predicted octanol–water partition coefficient (Wildman–Crippen LogP) is 3.28. The molecule has 20 heavy (non-hydrogen) atoms. The summed E-state index contributed by atoms with van der Waals surface area (Å²) in [6, 6.07) is 11.5. The molecule has 0 saturated carbocycles. The molecule has 4 heteroatoms. The molecule has 2 aromatic rings. The first-order valence-electron chi connectivity index (χ1n) is 7.28. The van der Waals surface area contributed by atoms with E-state index in [9.17, 15) is 0 Å². The van der Waals surface area contributed by atoms with Gasteiger partial charge < -0.3 is 10.2 Å². The summed E-state index contributed by atoms with van der Waals surface area (Å²) in [4.78, 5) is 2.43. The Hall–Kier alpha value is -1.97. The lowest BCUT2D eigenvalue weighted by Crippen LogP contribution is -2.41. The molecule has 1 aliphatic rings. The van der Waals surface area contributed by atoms with Crippen LogP contribution in [0.1, 0.15) is 32.5 Å². The van der Waals surface area contributed by atoms with E-state index >= 15 is 0 Å². The van der Waals surface area contributed by atoms with Gasteiger partial charge >= 0.3 is 0 Å². The van der Waals surface area contributed by atoms with E-state index in [1.54, 1.807) is 0 Å². The maximum atomic E-state index is 4.67. The van der Waals surface area contributed by atoms with Gasteiger partial charge in [-0.15, -0.1) is 0 Å². The van der Waals surface area contributed by atoms with Crippen LogP contribution in [0.15, 0.2) is 36.5 Å². The number of nitrogens with one attached hydrogen (secondary N) is 1. The van der Waals surface area contributed by atoms with Crippen molar-refractivity contribution in [2.75, 3.05) is 16.8 Å². The third kappa shape index (κ3) is 2.38. The molecule has 1 atom stereocenters. The maximum absolute atomic E-state index is 4.67. The third-order valence-electron chi connectivity index (χ3n) is 3.86. The number of rotatable bonds is 3. The highest BCUT2D eigenvalue weighted by molar-refractivity contribution is 5.72. The van der Waals surface area contributed by atoms with Crippen molar-refractivity contribution < 1.29 is 0 Å². The molecule has 0 spiro atoms. The highest BCUT2D eigenvalue weighted by Crippen LogP contribution is 2.32. The zero-order valence-electron chi connectivity index (χ0n) is 12.4. The molecule has 1 aromatic carbocycles. The van der Waals surface area contributed by atoms with E-state index in [1.807, 2.05) is 4.68 Å². The maximum Gasteiger partial charge on any atom is 0.0817 e. The number of anilines is 2. The van der Waals surface area contributed by atoms with Gasteiger partial charge in [-0.05, 0) is 39.0 Å². The van der Waals surface area contributed by atoms with Crippen molar-refractivity contribution in [2.24, 2.45) is 0 Å². The second kappa shape index (κ2) is 5.19. The topological polar surface area (TPSA) is 33.1 Å². The van der Waals surface area contributed by atoms with Gasteiger partial charge in [0.1, 0.15) is 0 Å². The molecule has 0 aliphatic carbocycles. The van der Waals surface area contributed by atoms with Crippen molar-refractivity contribution in [1.29, 1.82) is 0 Å². The molecule has 1 aromatic heterocycles. The number of aromatic nitrogens is 2. The van der Waals surface area contributed by atoms with Crippen molar-refractivity contribution in [3.05, 3.63) is 42.2 Å². The van der Waals surface area contributed by atoms with Gasteiger partial charge in [0, 0.05) is 24.8 Å². The molecule has 0 saturated heterocycles. The molecular weight excluding hydrogens is 248 g/mol. The van der Waals surface area contributed by atoms with Gasteiger partial charge in [-0.2, -0.15) is 5.10 Å². The van der Waals surface area contributed by atoms with Gasteiger partial charge in [0.2, 0.25) is 0 Å². The third-order valence-corrected chi connectivity index (χ3v) is 3.86. The average molecular weight is 270 g/mol. The van der Waals surface area contributed by atoms with Crippen LogP contribution in [0.4, 0.5) is 11.4 Å². The normalized spacial score (nSPS) is 18.0. The molecule has 0 fully saturated rings. The number of hydrogen-bond acceptors (Lipinski definition) is 3. The Morgan fingerprint density at radius 2 is 2.10 bits per heavy atom. The summed E-state index contributed by atoms with van der Waals surface area (Å²) in [6.45, 7) is 8.39. The summed E-state index contributed by atoms with van der Waals surface area (Å²) in [5.74, 6) is 0. The standard InChI is InChI=1S/C16H22N4/c1-12(2)20-9-8-14(18-20)11-19-13(3)10-17-15-6-4-5-7-16(15)19/h4-9,12-13,17H,10-11H2,1-3H3. The second-order valence-electron chi connectivity index (χ2n) is 5.76. The molecule has 1 N–H and O–H groups in total. The van der Waals surface area contributed by atoms with E-state index in [1.165, 1.54) is 11.4 Å². The Morgan fingerprint density at radius 1 is 1.30 bits per heavy atom. The van der Waals surface area contributed by atoms with Gasteiger partial charge in [-0.1, -0.05) is 12.1 Å². The summed E-state index contributed by atoms with van der Waals surface area (Å²) in [7, 11) is 0. The molecule has 3 rings (SSSR count). The number of para-hydroxylation sites is 2. The lowest BCUT2D eigenvalue weighted by molar-refractivity contribution is 0.522. The lowest BCUT2D eigenvalue weighted by Gasteiger charge is -2.37. The Kier molecular flexibility index (Phi) is 3.38. The Balaban J connectivity index is 1.85. The van der Waals surface area contributed by atoms with Crippen molar-refractivity contribution in [3.63, 3.8) is 0 Å². The summed E-state index contributed by atoms with van der Waals surface area (Å²) in [5.41, 5.74) is 3.61. The molecular formula is C16H22N4. The summed E-state index contributed by atoms with van der Waals surface area (Å²) < 4.78 is 2.02. The quantitative estimate of drug-likeness (QED) is 0.929. The highest BCUT2D eigenvalue weighted by atomic mass is 15.3. The number of benzene rings is 1. The van der Waals surface area contributed by atoms with E-state index < -0.39 is 0 Å². The van der Waals surface area contributed by atoms with Crippen molar-refractivity contribution in [1.82, 2.24) is 9.78 Å². The van der Waals surface area contributed by atoms with Crippen LogP contribution >= 0.6 is 0 Å². The van der Waals surface area contributed by atoms with Crippen LogP contribution in [0.3, 0.4) is 0 Å². The number of fused-ring (bicyclic) bond motifs is 1. The Labute approximate surface area is 120 Å². The molecule has 2 heterocycles. The fraction of sp³-hybridized carbons (Fsp3) is 0.438. The summed E-state index contributed by atoms with van der Waals surface area (Å²) in [5, 5.41) is 8.15. The fourth-order valence-corrected chi connectivity index (χ4v) is 2.64. The van der Waals surface area contributed by atoms with Crippen molar-refractivity contribution in [2.45, 2.75) is 39.4 Å². The smallest absolute Gasteiger partial charge is 0.0817 e. The van der Waals surface area contributed by atoms with E-state index in [0.29, 0.717) is 12.1 Å². The molecule has 0 amide bonds. The van der Waals surface area contributed by atoms with E-state index in [-0.39, 0.29) is 0 Å². The Morgan fingerprint density at radius 3 is 2.85 bits per heavy atom. The second-order valence-corrected chi connectivity index (χ2v) is 5.76. The van der Waals surface area contributed by atoms with Crippen molar-refractivity contribution in [3.8, 4) is 0 Å². The van der Waals surface area contributed by atoms with Gasteiger partial charge in [0.15, 0.2) is 0 Å². The molecule has 1 aliphatic heterocycles. The van der Waals surface area contributed by atoms with Crippen LogP contribution < -0.4 is 10.2 Å². The zero-order chi connectivity index (χ0) is 14.1. The summed E-state index contributed by atoms with van der Waals surface area (Å²) in [6.07, 6.45) is 2.07. The minimum absolute atomic E-state index is 0.413. The zero-order valence-corrected chi connectivity index (χ0v) is 12.4. The number of hydrogen-bond donors (Lipinski definition) is 1. The van der Waals surface area contributed by atoms with Crippen LogP contribution in [0, 0.1) is 0 Å². The Bertz CT molecular complexity index is 588. The van der Waals surface area contributed by atoms with Crippen LogP contribution in [0.25, 0.3) is 0 Å². The first-order chi connectivity index (χ1) is 9.65. The van der Waals surface area contributed by atoms with Crippen LogP contribution in [0.2, 0.25) is 0 Å². The average Bonchev–Trinajstić information content (AvgIpc) is 2.91. The largest absolute Gasteiger partial charge is 0.381 e. The van der Waals surface area contributed by atoms with Gasteiger partial charge in [0.25, 0.3) is 0 Å². The van der Waals surface area contributed by atoms with Crippen LogP contribution in [-0.4, -0.2) is 22.4 Å². The van der Waals surface area contributed by atoms with E-state index in [2.05, 4.69) is 72.6 Å². The van der Waals surface area contributed by atoms with Crippen molar-refractivity contribution >= 4 is 11.4 Å². The minimum atomic E-state index is 0.413. The monoisotopic (exact) mass is 270 g/mol. The van der Waals surface area contributed by atoms with E-state index in [0.717, 1.165) is 18.8 Å². The molecule has 106 valence electrons. The highest BCUT2D eigenvalue weighted by Gasteiger charge is 2.23. The summed E-state index contributed by atoms with van der Waals surface area (Å²) >= 11 is 0. The van der Waals surface area contributed by atoms with Gasteiger partial charge in [0.05, 0.1) is 23.6 Å². The van der Waals surface area contributed by atoms with Crippen LogP contribution in [0.5, 0.6) is 0 Å². The molecule has 1 unspecified atom stereocenters. The SMILES string of the molecule is CC1CNc2ccccc2N1Cc1ccn(C(C)C)n1. The fourth-order valence-electron chi connectivity index (χ4n) is 2.64. The van der Waals surface area contributed by atoms with Gasteiger partial charge in [-0.25, -0.2) is 0 Å².